The van der Waals surface area contributed by atoms with E-state index in [4.69, 9.17) is 0 Å². The van der Waals surface area contributed by atoms with Gasteiger partial charge in [0.2, 0.25) is 0 Å². The number of aryl methyl sites for hydroxylation is 2. The number of benzene rings is 1. The average molecular weight is 338 g/mol. The van der Waals surface area contributed by atoms with Crippen LogP contribution in [0.5, 0.6) is 0 Å². The average Bonchev–Trinajstić information content (AvgIpc) is 2.64. The van der Waals surface area contributed by atoms with Gasteiger partial charge in [0.15, 0.2) is 11.5 Å². The Morgan fingerprint density at radius 3 is 2.76 bits per heavy atom. The van der Waals surface area contributed by atoms with Crippen molar-refractivity contribution in [2.45, 2.75) is 52.5 Å². The Hall–Kier alpha value is -2.43. The van der Waals surface area contributed by atoms with Gasteiger partial charge < -0.3 is 10.2 Å². The summed E-state index contributed by atoms with van der Waals surface area (Å²) in [6.07, 6.45) is 4.35. The van der Waals surface area contributed by atoms with E-state index in [1.54, 1.807) is 6.07 Å². The molecular weight excluding hydrogens is 312 g/mol. The Bertz CT molecular complexity index is 742. The van der Waals surface area contributed by atoms with Gasteiger partial charge in [-0.2, -0.15) is 0 Å². The molecule has 0 spiro atoms. The molecule has 5 nitrogen and oxygen atoms in total. The smallest absolute Gasteiger partial charge is 0.274 e. The first-order valence-corrected chi connectivity index (χ1v) is 9.07. The summed E-state index contributed by atoms with van der Waals surface area (Å²) in [5, 5.41) is 11.7. The molecule has 1 atom stereocenters. The lowest BCUT2D eigenvalue weighted by atomic mass is 9.99. The van der Waals surface area contributed by atoms with Gasteiger partial charge in [0.25, 0.3) is 5.91 Å². The highest BCUT2D eigenvalue weighted by atomic mass is 16.2. The summed E-state index contributed by atoms with van der Waals surface area (Å²) < 4.78 is 0. The first-order valence-electron chi connectivity index (χ1n) is 9.07. The summed E-state index contributed by atoms with van der Waals surface area (Å²) in [5.74, 6) is 0.647. The molecule has 0 saturated carbocycles. The van der Waals surface area contributed by atoms with Crippen molar-refractivity contribution in [1.29, 1.82) is 0 Å². The molecular formula is C20H26N4O. The largest absolute Gasteiger partial charge is 0.339 e. The summed E-state index contributed by atoms with van der Waals surface area (Å²) in [6.45, 7) is 7.07. The number of amides is 1. The maximum Gasteiger partial charge on any atom is 0.274 e. The van der Waals surface area contributed by atoms with Crippen LogP contribution in [-0.4, -0.2) is 33.6 Å². The standard InChI is InChI=1S/C20H26N4O/c1-4-16-7-5-6-12-24(16)20(25)17-10-11-19(23-22-17)21-18-13-14(2)8-9-15(18)3/h8-11,13,16H,4-7,12H2,1-3H3,(H,21,23). The van der Waals surface area contributed by atoms with E-state index in [0.717, 1.165) is 37.1 Å². The van der Waals surface area contributed by atoms with Crippen LogP contribution in [0.4, 0.5) is 11.5 Å². The molecule has 1 aliphatic heterocycles. The number of anilines is 2. The summed E-state index contributed by atoms with van der Waals surface area (Å²) in [4.78, 5) is 14.7. The highest BCUT2D eigenvalue weighted by Gasteiger charge is 2.27. The SMILES string of the molecule is CCC1CCCCN1C(=O)c1ccc(Nc2cc(C)ccc2C)nn1. The lowest BCUT2D eigenvalue weighted by Gasteiger charge is -2.34. The summed E-state index contributed by atoms with van der Waals surface area (Å²) >= 11 is 0. The van der Waals surface area contributed by atoms with Crippen molar-refractivity contribution in [2.75, 3.05) is 11.9 Å². The molecule has 0 aliphatic carbocycles. The van der Waals surface area contributed by atoms with Gasteiger partial charge in [-0.25, -0.2) is 0 Å². The van der Waals surface area contributed by atoms with Crippen LogP contribution in [0, 0.1) is 13.8 Å². The summed E-state index contributed by atoms with van der Waals surface area (Å²) in [5.41, 5.74) is 3.76. The van der Waals surface area contributed by atoms with Crippen LogP contribution < -0.4 is 5.32 Å². The highest BCUT2D eigenvalue weighted by molar-refractivity contribution is 5.92. The maximum absolute atomic E-state index is 12.7. The molecule has 1 N–H and O–H groups in total. The number of aromatic nitrogens is 2. The lowest BCUT2D eigenvalue weighted by Crippen LogP contribution is -2.43. The Labute approximate surface area is 149 Å². The Kier molecular flexibility index (Phi) is 5.31. The molecule has 1 aromatic carbocycles. The van der Waals surface area contributed by atoms with E-state index in [0.29, 0.717) is 17.6 Å². The third-order valence-corrected chi connectivity index (χ3v) is 4.90. The van der Waals surface area contributed by atoms with Crippen LogP contribution in [0.2, 0.25) is 0 Å². The second kappa shape index (κ2) is 7.64. The van der Waals surface area contributed by atoms with Gasteiger partial charge in [0, 0.05) is 18.3 Å². The Morgan fingerprint density at radius 2 is 2.04 bits per heavy atom. The monoisotopic (exact) mass is 338 g/mol. The zero-order valence-electron chi connectivity index (χ0n) is 15.2. The molecule has 132 valence electrons. The van der Waals surface area contributed by atoms with Crippen LogP contribution >= 0.6 is 0 Å². The predicted molar refractivity (Wildman–Crippen MR) is 100 cm³/mol. The van der Waals surface area contributed by atoms with Gasteiger partial charge in [-0.15, -0.1) is 10.2 Å². The third kappa shape index (κ3) is 3.98. The number of hydrogen-bond donors (Lipinski definition) is 1. The van der Waals surface area contributed by atoms with Gasteiger partial charge in [-0.3, -0.25) is 4.79 Å². The number of carbonyl (C=O) groups is 1. The van der Waals surface area contributed by atoms with Gasteiger partial charge in [0.05, 0.1) is 0 Å². The lowest BCUT2D eigenvalue weighted by molar-refractivity contribution is 0.0601. The fourth-order valence-corrected chi connectivity index (χ4v) is 3.36. The van der Waals surface area contributed by atoms with E-state index < -0.39 is 0 Å². The van der Waals surface area contributed by atoms with Crippen molar-refractivity contribution in [2.24, 2.45) is 0 Å². The molecule has 1 aliphatic rings. The number of nitrogens with one attached hydrogen (secondary N) is 1. The first kappa shape index (κ1) is 17.4. The van der Waals surface area contributed by atoms with Crippen molar-refractivity contribution in [3.8, 4) is 0 Å². The first-order chi connectivity index (χ1) is 12.1. The van der Waals surface area contributed by atoms with Crippen LogP contribution in [0.25, 0.3) is 0 Å². The molecule has 1 fully saturated rings. The van der Waals surface area contributed by atoms with Gasteiger partial charge in [-0.05, 0) is 68.9 Å². The predicted octanol–water partition coefficient (Wildman–Crippen LogP) is 4.24. The topological polar surface area (TPSA) is 58.1 Å². The molecule has 2 heterocycles. The molecule has 0 bridgehead atoms. The van der Waals surface area contributed by atoms with Crippen molar-refractivity contribution < 1.29 is 4.79 Å². The van der Waals surface area contributed by atoms with Crippen LogP contribution in [0.3, 0.4) is 0 Å². The molecule has 1 unspecified atom stereocenters. The molecule has 25 heavy (non-hydrogen) atoms. The minimum Gasteiger partial charge on any atom is -0.339 e. The van der Waals surface area contributed by atoms with E-state index in [2.05, 4.69) is 47.6 Å². The number of nitrogens with zero attached hydrogens (tertiary/aromatic N) is 3. The van der Waals surface area contributed by atoms with Gasteiger partial charge in [-0.1, -0.05) is 19.1 Å². The van der Waals surface area contributed by atoms with Crippen molar-refractivity contribution in [3.63, 3.8) is 0 Å². The minimum atomic E-state index is -0.00247. The van der Waals surface area contributed by atoms with Crippen LogP contribution in [0.1, 0.15) is 54.2 Å². The Morgan fingerprint density at radius 1 is 1.20 bits per heavy atom. The number of piperidine rings is 1. The number of likely N-dealkylation sites (tertiary alicyclic amines) is 1. The van der Waals surface area contributed by atoms with E-state index in [-0.39, 0.29) is 5.91 Å². The van der Waals surface area contributed by atoms with E-state index in [9.17, 15) is 4.79 Å². The summed E-state index contributed by atoms with van der Waals surface area (Å²) in [6, 6.07) is 10.2. The molecule has 1 aromatic heterocycles. The number of hydrogen-bond acceptors (Lipinski definition) is 4. The number of carbonyl (C=O) groups excluding carboxylic acids is 1. The van der Waals surface area contributed by atoms with Crippen molar-refractivity contribution >= 4 is 17.4 Å². The second-order valence-electron chi connectivity index (χ2n) is 6.80. The Balaban J connectivity index is 1.73. The quantitative estimate of drug-likeness (QED) is 0.906. The molecule has 2 aromatic rings. The van der Waals surface area contributed by atoms with Crippen molar-refractivity contribution in [1.82, 2.24) is 15.1 Å². The van der Waals surface area contributed by atoms with Crippen LogP contribution in [-0.2, 0) is 0 Å². The normalized spacial score (nSPS) is 17.4. The van der Waals surface area contributed by atoms with E-state index in [1.165, 1.54) is 12.0 Å². The van der Waals surface area contributed by atoms with E-state index in [1.807, 2.05) is 17.9 Å². The highest BCUT2D eigenvalue weighted by Crippen LogP contribution is 2.23. The van der Waals surface area contributed by atoms with E-state index >= 15 is 0 Å². The minimum absolute atomic E-state index is 0.00247. The molecule has 3 rings (SSSR count). The molecule has 0 radical (unpaired) electrons. The zero-order valence-corrected chi connectivity index (χ0v) is 15.2. The molecule has 1 amide bonds. The summed E-state index contributed by atoms with van der Waals surface area (Å²) in [7, 11) is 0. The maximum atomic E-state index is 12.7. The van der Waals surface area contributed by atoms with Crippen LogP contribution in [0.15, 0.2) is 30.3 Å². The van der Waals surface area contributed by atoms with Gasteiger partial charge >= 0.3 is 0 Å². The molecule has 1 saturated heterocycles. The second-order valence-corrected chi connectivity index (χ2v) is 6.80. The molecule has 5 heteroatoms. The number of rotatable bonds is 4. The fraction of sp³-hybridized carbons (Fsp3) is 0.450. The van der Waals surface area contributed by atoms with Crippen molar-refractivity contribution in [3.05, 3.63) is 47.2 Å². The van der Waals surface area contributed by atoms with Gasteiger partial charge in [0.1, 0.15) is 0 Å². The zero-order chi connectivity index (χ0) is 17.8. The third-order valence-electron chi connectivity index (χ3n) is 4.90. The fourth-order valence-electron chi connectivity index (χ4n) is 3.36.